The Morgan fingerprint density at radius 3 is 2.59 bits per heavy atom. The van der Waals surface area contributed by atoms with Gasteiger partial charge in [0.05, 0.1) is 4.90 Å². The summed E-state index contributed by atoms with van der Waals surface area (Å²) in [5, 5.41) is 0. The van der Waals surface area contributed by atoms with E-state index in [1.54, 1.807) is 0 Å². The first-order chi connectivity index (χ1) is 10.5. The van der Waals surface area contributed by atoms with Gasteiger partial charge in [0.25, 0.3) is 0 Å². The van der Waals surface area contributed by atoms with Crippen molar-refractivity contribution in [3.05, 3.63) is 65.2 Å². The maximum Gasteiger partial charge on any atom is 0.241 e. The number of fused-ring (bicyclic) bond motifs is 1. The molecular formula is C16H15F2NO2S. The molecule has 2 aromatic rings. The minimum Gasteiger partial charge on any atom is -0.207 e. The van der Waals surface area contributed by atoms with E-state index in [-0.39, 0.29) is 10.9 Å². The summed E-state index contributed by atoms with van der Waals surface area (Å²) in [6, 6.07) is 9.90. The van der Waals surface area contributed by atoms with Crippen LogP contribution in [0.5, 0.6) is 0 Å². The Labute approximate surface area is 128 Å². The van der Waals surface area contributed by atoms with Crippen molar-refractivity contribution in [2.45, 2.75) is 30.2 Å². The third kappa shape index (κ3) is 2.89. The van der Waals surface area contributed by atoms with Crippen LogP contribution in [0, 0.1) is 11.6 Å². The monoisotopic (exact) mass is 323 g/mol. The summed E-state index contributed by atoms with van der Waals surface area (Å²) >= 11 is 0. The van der Waals surface area contributed by atoms with Gasteiger partial charge < -0.3 is 0 Å². The van der Waals surface area contributed by atoms with Gasteiger partial charge in [-0.3, -0.25) is 0 Å². The van der Waals surface area contributed by atoms with Gasteiger partial charge in [-0.05, 0) is 48.6 Å². The number of aryl methyl sites for hydroxylation is 1. The Kier molecular flexibility index (Phi) is 3.97. The van der Waals surface area contributed by atoms with Crippen molar-refractivity contribution < 1.29 is 17.2 Å². The van der Waals surface area contributed by atoms with E-state index >= 15 is 0 Å². The third-order valence-electron chi connectivity index (χ3n) is 3.87. The normalized spacial score (nSPS) is 18.0. The van der Waals surface area contributed by atoms with Gasteiger partial charge in [0.15, 0.2) is 11.6 Å². The molecule has 0 fully saturated rings. The van der Waals surface area contributed by atoms with Crippen LogP contribution >= 0.6 is 0 Å². The summed E-state index contributed by atoms with van der Waals surface area (Å²) < 4.78 is 53.6. The lowest BCUT2D eigenvalue weighted by atomic mass is 9.88. The van der Waals surface area contributed by atoms with Crippen LogP contribution in [0.25, 0.3) is 0 Å². The zero-order chi connectivity index (χ0) is 15.7. The summed E-state index contributed by atoms with van der Waals surface area (Å²) in [7, 11) is -3.90. The first-order valence-electron chi connectivity index (χ1n) is 7.02. The number of halogens is 2. The van der Waals surface area contributed by atoms with E-state index < -0.39 is 21.7 Å². The Balaban J connectivity index is 1.91. The fraction of sp³-hybridized carbons (Fsp3) is 0.250. The SMILES string of the molecule is O=S(=O)(NC1CCCc2ccccc21)c1ccc(F)c(F)c1. The largest absolute Gasteiger partial charge is 0.241 e. The van der Waals surface area contributed by atoms with Gasteiger partial charge in [0.1, 0.15) is 0 Å². The second-order valence-corrected chi connectivity index (χ2v) is 7.05. The van der Waals surface area contributed by atoms with E-state index in [1.807, 2.05) is 24.3 Å². The molecule has 6 heteroatoms. The fourth-order valence-corrected chi connectivity index (χ4v) is 4.04. The molecule has 3 rings (SSSR count). The Hall–Kier alpha value is -1.79. The number of nitrogens with one attached hydrogen (secondary N) is 1. The van der Waals surface area contributed by atoms with E-state index in [0.717, 1.165) is 36.1 Å². The zero-order valence-electron chi connectivity index (χ0n) is 11.7. The minimum atomic E-state index is -3.90. The predicted molar refractivity (Wildman–Crippen MR) is 78.8 cm³/mol. The van der Waals surface area contributed by atoms with Gasteiger partial charge >= 0.3 is 0 Å². The van der Waals surface area contributed by atoms with E-state index in [1.165, 1.54) is 0 Å². The molecule has 0 aromatic heterocycles. The number of rotatable bonds is 3. The molecule has 0 radical (unpaired) electrons. The summed E-state index contributed by atoms with van der Waals surface area (Å²) in [6.45, 7) is 0. The van der Waals surface area contributed by atoms with Crippen LogP contribution in [-0.2, 0) is 16.4 Å². The molecule has 1 atom stereocenters. The second kappa shape index (κ2) is 5.78. The van der Waals surface area contributed by atoms with Gasteiger partial charge in [-0.1, -0.05) is 24.3 Å². The van der Waals surface area contributed by atoms with Gasteiger partial charge in [-0.15, -0.1) is 0 Å². The lowest BCUT2D eigenvalue weighted by Crippen LogP contribution is -2.31. The molecule has 3 nitrogen and oxygen atoms in total. The molecule has 0 aliphatic heterocycles. The van der Waals surface area contributed by atoms with Gasteiger partial charge in [-0.2, -0.15) is 0 Å². The molecule has 0 spiro atoms. The quantitative estimate of drug-likeness (QED) is 0.942. The van der Waals surface area contributed by atoms with Crippen LogP contribution in [0.1, 0.15) is 30.0 Å². The van der Waals surface area contributed by atoms with Crippen molar-refractivity contribution in [1.29, 1.82) is 0 Å². The van der Waals surface area contributed by atoms with Crippen LogP contribution in [0.4, 0.5) is 8.78 Å². The van der Waals surface area contributed by atoms with Crippen molar-refractivity contribution in [2.75, 3.05) is 0 Å². The molecule has 1 unspecified atom stereocenters. The van der Waals surface area contributed by atoms with E-state index in [0.29, 0.717) is 12.5 Å². The molecule has 1 aliphatic rings. The molecule has 22 heavy (non-hydrogen) atoms. The van der Waals surface area contributed by atoms with Crippen molar-refractivity contribution in [1.82, 2.24) is 4.72 Å². The molecule has 0 heterocycles. The van der Waals surface area contributed by atoms with Gasteiger partial charge in [0, 0.05) is 6.04 Å². The second-order valence-electron chi connectivity index (χ2n) is 5.34. The highest BCUT2D eigenvalue weighted by Gasteiger charge is 2.26. The predicted octanol–water partition coefficient (Wildman–Crippen LogP) is 3.32. The topological polar surface area (TPSA) is 46.2 Å². The third-order valence-corrected chi connectivity index (χ3v) is 5.34. The first-order valence-corrected chi connectivity index (χ1v) is 8.51. The average Bonchev–Trinajstić information content (AvgIpc) is 2.50. The van der Waals surface area contributed by atoms with E-state index in [2.05, 4.69) is 4.72 Å². The van der Waals surface area contributed by atoms with Crippen LogP contribution < -0.4 is 4.72 Å². The maximum absolute atomic E-state index is 13.3. The molecule has 0 saturated heterocycles. The van der Waals surface area contributed by atoms with Gasteiger partial charge in [-0.25, -0.2) is 21.9 Å². The number of sulfonamides is 1. The Morgan fingerprint density at radius 2 is 1.82 bits per heavy atom. The molecule has 0 saturated carbocycles. The Bertz CT molecular complexity index is 806. The number of hydrogen-bond acceptors (Lipinski definition) is 2. The highest BCUT2D eigenvalue weighted by Crippen LogP contribution is 2.30. The summed E-state index contributed by atoms with van der Waals surface area (Å²) in [6.07, 6.45) is 2.47. The molecule has 1 aliphatic carbocycles. The van der Waals surface area contributed by atoms with Crippen LogP contribution in [0.15, 0.2) is 47.4 Å². The molecule has 0 amide bonds. The van der Waals surface area contributed by atoms with Crippen molar-refractivity contribution in [3.63, 3.8) is 0 Å². The molecule has 1 N–H and O–H groups in total. The van der Waals surface area contributed by atoms with Crippen molar-refractivity contribution >= 4 is 10.0 Å². The lowest BCUT2D eigenvalue weighted by molar-refractivity contribution is 0.497. The van der Waals surface area contributed by atoms with Crippen LogP contribution in [-0.4, -0.2) is 8.42 Å². The zero-order valence-corrected chi connectivity index (χ0v) is 12.5. The van der Waals surface area contributed by atoms with E-state index in [4.69, 9.17) is 0 Å². The standard InChI is InChI=1S/C16H15F2NO2S/c17-14-9-8-12(10-15(14)18)22(20,21)19-16-7-3-5-11-4-1-2-6-13(11)16/h1-2,4,6,8-10,16,19H,3,5,7H2. The molecular weight excluding hydrogens is 308 g/mol. The fourth-order valence-electron chi connectivity index (χ4n) is 2.78. The number of hydrogen-bond donors (Lipinski definition) is 1. The molecule has 0 bridgehead atoms. The summed E-state index contributed by atoms with van der Waals surface area (Å²) in [5.74, 6) is -2.24. The molecule has 116 valence electrons. The maximum atomic E-state index is 13.3. The minimum absolute atomic E-state index is 0.269. The van der Waals surface area contributed by atoms with E-state index in [9.17, 15) is 17.2 Å². The lowest BCUT2D eigenvalue weighted by Gasteiger charge is -2.26. The van der Waals surface area contributed by atoms with Gasteiger partial charge in [0.2, 0.25) is 10.0 Å². The summed E-state index contributed by atoms with van der Waals surface area (Å²) in [5.41, 5.74) is 2.06. The number of benzene rings is 2. The highest BCUT2D eigenvalue weighted by atomic mass is 32.2. The van der Waals surface area contributed by atoms with Crippen LogP contribution in [0.2, 0.25) is 0 Å². The van der Waals surface area contributed by atoms with Crippen molar-refractivity contribution in [3.8, 4) is 0 Å². The Morgan fingerprint density at radius 1 is 1.05 bits per heavy atom. The average molecular weight is 323 g/mol. The smallest absolute Gasteiger partial charge is 0.207 e. The van der Waals surface area contributed by atoms with Crippen molar-refractivity contribution in [2.24, 2.45) is 0 Å². The molecule has 2 aromatic carbocycles. The first kappa shape index (κ1) is 15.1. The highest BCUT2D eigenvalue weighted by molar-refractivity contribution is 7.89. The van der Waals surface area contributed by atoms with Crippen LogP contribution in [0.3, 0.4) is 0 Å². The summed E-state index contributed by atoms with van der Waals surface area (Å²) in [4.78, 5) is -0.269.